The maximum Gasteiger partial charge on any atom is 0.416 e. The molecule has 1 heterocycles. The molecule has 7 nitrogen and oxygen atoms in total. The van der Waals surface area contributed by atoms with Crippen molar-refractivity contribution in [2.45, 2.75) is 43.7 Å². The van der Waals surface area contributed by atoms with Gasteiger partial charge in [0.25, 0.3) is 10.1 Å². The lowest BCUT2D eigenvalue weighted by molar-refractivity contribution is -0.137. The molecular weight excluding hydrogens is 501 g/mol. The number of hydrogen-bond donors (Lipinski definition) is 4. The van der Waals surface area contributed by atoms with Crippen LogP contribution in [-0.4, -0.2) is 58.6 Å². The van der Waals surface area contributed by atoms with Gasteiger partial charge >= 0.3 is 6.18 Å². The smallest absolute Gasteiger partial charge is 0.416 e. The maximum absolute atomic E-state index is 13.6. The molecule has 196 valence electrons. The summed E-state index contributed by atoms with van der Waals surface area (Å²) in [6.45, 7) is 2.30. The molecule has 3 rings (SSSR count). The summed E-state index contributed by atoms with van der Waals surface area (Å²) in [5, 5.41) is 30.6. The van der Waals surface area contributed by atoms with Gasteiger partial charge in [0.05, 0.1) is 23.5 Å². The average molecular weight is 528 g/mol. The van der Waals surface area contributed by atoms with E-state index < -0.39 is 57.0 Å². The molecule has 1 saturated heterocycles. The van der Waals surface area contributed by atoms with Gasteiger partial charge in [0.15, 0.2) is 17.4 Å². The van der Waals surface area contributed by atoms with E-state index in [1.807, 2.05) is 4.90 Å². The minimum Gasteiger partial charge on any atom is -0.503 e. The predicted molar refractivity (Wildman–Crippen MR) is 116 cm³/mol. The third-order valence-corrected chi connectivity index (χ3v) is 5.79. The summed E-state index contributed by atoms with van der Waals surface area (Å²) in [5.74, 6) is -3.46. The highest BCUT2D eigenvalue weighted by Crippen LogP contribution is 2.37. The van der Waals surface area contributed by atoms with E-state index in [1.165, 1.54) is 12.1 Å². The number of nitrogens with zero attached hydrogens (tertiary/aromatic N) is 1. The standard InChI is InChI=1S/C21H22F5NO3.CH4O3S/c1-12(18(28)13-10-16(22)19(29)17(23)11-13)27-8-6-20(30,7-9-27)14-2-4-15(5-3-14)21(24,25)26;1-5(2,3)4/h2-5,10-12,18,28-30H,6-9H2,1H3;1H3,(H,2,3,4). The van der Waals surface area contributed by atoms with Crippen molar-refractivity contribution in [3.63, 3.8) is 0 Å². The maximum atomic E-state index is 13.6. The van der Waals surface area contributed by atoms with Crippen LogP contribution >= 0.6 is 0 Å². The summed E-state index contributed by atoms with van der Waals surface area (Å²) < 4.78 is 91.2. The Kier molecular flexibility index (Phi) is 8.88. The van der Waals surface area contributed by atoms with E-state index in [2.05, 4.69) is 0 Å². The van der Waals surface area contributed by atoms with E-state index in [0.717, 1.165) is 24.3 Å². The Hall–Kier alpha value is -2.32. The number of aliphatic hydroxyl groups excluding tert-OH is 1. The number of hydrogen-bond acceptors (Lipinski definition) is 6. The van der Waals surface area contributed by atoms with Crippen LogP contribution in [0.15, 0.2) is 36.4 Å². The molecule has 0 saturated carbocycles. The molecule has 0 radical (unpaired) electrons. The topological polar surface area (TPSA) is 118 Å². The summed E-state index contributed by atoms with van der Waals surface area (Å²) in [6, 6.07) is 5.56. The van der Waals surface area contributed by atoms with E-state index in [9.17, 15) is 45.7 Å². The van der Waals surface area contributed by atoms with Gasteiger partial charge in [-0.15, -0.1) is 0 Å². The van der Waals surface area contributed by atoms with Crippen molar-refractivity contribution in [2.75, 3.05) is 19.3 Å². The highest BCUT2D eigenvalue weighted by atomic mass is 32.2. The van der Waals surface area contributed by atoms with E-state index >= 15 is 0 Å². The van der Waals surface area contributed by atoms with Gasteiger partial charge in [-0.1, -0.05) is 12.1 Å². The van der Waals surface area contributed by atoms with E-state index in [4.69, 9.17) is 4.55 Å². The van der Waals surface area contributed by atoms with Crippen LogP contribution in [0.4, 0.5) is 22.0 Å². The second-order valence-corrected chi connectivity index (χ2v) is 9.86. The first-order valence-corrected chi connectivity index (χ1v) is 12.2. The zero-order valence-corrected chi connectivity index (χ0v) is 19.6. The van der Waals surface area contributed by atoms with Crippen molar-refractivity contribution in [1.82, 2.24) is 4.90 Å². The zero-order valence-electron chi connectivity index (χ0n) is 18.8. The molecule has 2 aromatic carbocycles. The Morgan fingerprint density at radius 2 is 1.46 bits per heavy atom. The van der Waals surface area contributed by atoms with Crippen molar-refractivity contribution < 1.29 is 50.2 Å². The fourth-order valence-corrected chi connectivity index (χ4v) is 3.79. The molecule has 1 aliphatic rings. The molecule has 1 aliphatic heterocycles. The lowest BCUT2D eigenvalue weighted by Crippen LogP contribution is -2.47. The van der Waals surface area contributed by atoms with Crippen molar-refractivity contribution in [1.29, 1.82) is 0 Å². The number of rotatable bonds is 4. The molecule has 0 aliphatic carbocycles. The van der Waals surface area contributed by atoms with Gasteiger partial charge < -0.3 is 15.3 Å². The Morgan fingerprint density at radius 3 is 1.86 bits per heavy atom. The van der Waals surface area contributed by atoms with Crippen molar-refractivity contribution in [3.8, 4) is 5.75 Å². The first kappa shape index (κ1) is 28.9. The minimum absolute atomic E-state index is 0.0288. The molecule has 35 heavy (non-hydrogen) atoms. The Bertz CT molecular complexity index is 1090. The Labute approximate surface area is 199 Å². The van der Waals surface area contributed by atoms with Crippen LogP contribution in [-0.2, 0) is 21.9 Å². The fraction of sp³-hybridized carbons (Fsp3) is 0.455. The molecule has 2 unspecified atom stereocenters. The van der Waals surface area contributed by atoms with E-state index in [1.54, 1.807) is 6.92 Å². The second kappa shape index (κ2) is 10.7. The number of aliphatic hydroxyl groups is 2. The third-order valence-electron chi connectivity index (χ3n) is 5.79. The number of halogens is 5. The summed E-state index contributed by atoms with van der Waals surface area (Å²) in [6.07, 6.45) is -4.55. The Morgan fingerprint density at radius 1 is 1.03 bits per heavy atom. The lowest BCUT2D eigenvalue weighted by atomic mass is 9.83. The first-order chi connectivity index (χ1) is 15.9. The number of aromatic hydroxyl groups is 1. The molecule has 1 fully saturated rings. The molecule has 2 atom stereocenters. The van der Waals surface area contributed by atoms with Gasteiger partial charge in [-0.05, 0) is 55.2 Å². The third kappa shape index (κ3) is 7.84. The van der Waals surface area contributed by atoms with Crippen LogP contribution in [0.3, 0.4) is 0 Å². The van der Waals surface area contributed by atoms with Crippen LogP contribution in [0.2, 0.25) is 0 Å². The van der Waals surface area contributed by atoms with Crippen LogP contribution in [0.25, 0.3) is 0 Å². The van der Waals surface area contributed by atoms with Crippen molar-refractivity contribution >= 4 is 10.1 Å². The molecule has 2 aromatic rings. The quantitative estimate of drug-likeness (QED) is 0.355. The number of phenolic OH excluding ortho intramolecular Hbond substituents is 1. The van der Waals surface area contributed by atoms with Gasteiger partial charge in [0.2, 0.25) is 0 Å². The number of phenols is 1. The second-order valence-electron chi connectivity index (χ2n) is 8.39. The molecule has 0 aromatic heterocycles. The lowest BCUT2D eigenvalue weighted by Gasteiger charge is -2.42. The Balaban J connectivity index is 0.000000784. The van der Waals surface area contributed by atoms with Gasteiger partial charge in [0.1, 0.15) is 0 Å². The van der Waals surface area contributed by atoms with Crippen molar-refractivity contribution in [2.24, 2.45) is 0 Å². The SMILES string of the molecule is CC(C(O)c1cc(F)c(O)c(F)c1)N1CCC(O)(c2ccc(C(F)(F)F)cc2)CC1.CS(=O)(=O)O. The highest BCUT2D eigenvalue weighted by Gasteiger charge is 2.38. The molecule has 0 spiro atoms. The summed E-state index contributed by atoms with van der Waals surface area (Å²) in [5.41, 5.74) is -1.75. The largest absolute Gasteiger partial charge is 0.503 e. The average Bonchev–Trinajstić information content (AvgIpc) is 2.75. The normalized spacial score (nSPS) is 18.3. The summed E-state index contributed by atoms with van der Waals surface area (Å²) in [7, 11) is -3.67. The molecule has 4 N–H and O–H groups in total. The number of benzene rings is 2. The number of alkyl halides is 3. The van der Waals surface area contributed by atoms with E-state index in [-0.39, 0.29) is 18.4 Å². The number of likely N-dealkylation sites (tertiary alicyclic amines) is 1. The van der Waals surface area contributed by atoms with Gasteiger partial charge in [-0.25, -0.2) is 8.78 Å². The minimum atomic E-state index is -4.46. The van der Waals surface area contributed by atoms with Crippen LogP contribution in [0.5, 0.6) is 5.75 Å². The fourth-order valence-electron chi connectivity index (χ4n) is 3.79. The summed E-state index contributed by atoms with van der Waals surface area (Å²) >= 11 is 0. The van der Waals surface area contributed by atoms with Crippen LogP contribution in [0, 0.1) is 11.6 Å². The molecule has 13 heteroatoms. The monoisotopic (exact) mass is 527 g/mol. The molecule has 0 bridgehead atoms. The van der Waals surface area contributed by atoms with Crippen LogP contribution < -0.4 is 0 Å². The highest BCUT2D eigenvalue weighted by molar-refractivity contribution is 7.85. The molecule has 0 amide bonds. The van der Waals surface area contributed by atoms with Gasteiger partial charge in [-0.3, -0.25) is 9.45 Å². The summed E-state index contributed by atoms with van der Waals surface area (Å²) in [4.78, 5) is 1.83. The van der Waals surface area contributed by atoms with Crippen LogP contribution in [0.1, 0.15) is 42.6 Å². The first-order valence-electron chi connectivity index (χ1n) is 10.3. The van der Waals surface area contributed by atoms with E-state index in [0.29, 0.717) is 24.9 Å². The van der Waals surface area contributed by atoms with Gasteiger partial charge in [0, 0.05) is 19.1 Å². The molecular formula is C22H26F5NO6S. The zero-order chi connectivity index (χ0) is 26.8. The number of piperidine rings is 1. The van der Waals surface area contributed by atoms with Gasteiger partial charge in [-0.2, -0.15) is 21.6 Å². The predicted octanol–water partition coefficient (Wildman–Crippen LogP) is 3.60. The van der Waals surface area contributed by atoms with Crippen molar-refractivity contribution in [3.05, 3.63) is 64.7 Å².